The Bertz CT molecular complexity index is 396. The lowest BCUT2D eigenvalue weighted by molar-refractivity contribution is 0.0559. The molecule has 1 saturated carbocycles. The highest BCUT2D eigenvalue weighted by molar-refractivity contribution is 5.47. The minimum absolute atomic E-state index is 0.373. The minimum Gasteiger partial charge on any atom is -0.388 e. The Morgan fingerprint density at radius 3 is 2.37 bits per heavy atom. The number of aliphatic hydroxyl groups is 1. The van der Waals surface area contributed by atoms with Gasteiger partial charge in [0, 0.05) is 25.3 Å². The Labute approximate surface area is 116 Å². The molecule has 2 N–H and O–H groups in total. The molecular weight excluding hydrogens is 236 g/mol. The first-order valence-electron chi connectivity index (χ1n) is 7.25. The maximum atomic E-state index is 10.5. The number of likely N-dealkylation sites (N-methyl/N-ethyl adjacent to an activating group) is 1. The molecule has 0 saturated heterocycles. The van der Waals surface area contributed by atoms with E-state index in [2.05, 4.69) is 48.5 Å². The lowest BCUT2D eigenvalue weighted by atomic mass is 10.0. The molecule has 3 heteroatoms. The van der Waals surface area contributed by atoms with Crippen LogP contribution in [0.3, 0.4) is 0 Å². The largest absolute Gasteiger partial charge is 0.388 e. The maximum absolute atomic E-state index is 10.5. The van der Waals surface area contributed by atoms with Gasteiger partial charge in [-0.1, -0.05) is 25.0 Å². The number of anilines is 1. The number of hydrogen-bond donors (Lipinski definition) is 2. The fraction of sp³-hybridized carbons (Fsp3) is 0.625. The van der Waals surface area contributed by atoms with Crippen molar-refractivity contribution in [2.45, 2.75) is 44.2 Å². The lowest BCUT2D eigenvalue weighted by Crippen LogP contribution is -2.39. The summed E-state index contributed by atoms with van der Waals surface area (Å²) >= 11 is 0. The molecule has 0 heterocycles. The molecule has 1 aliphatic rings. The van der Waals surface area contributed by atoms with E-state index < -0.39 is 5.60 Å². The SMILES string of the molecule is CNC(C)c1ccc(N(C)CC2(O)CCCC2)cc1. The van der Waals surface area contributed by atoms with Gasteiger partial charge >= 0.3 is 0 Å². The van der Waals surface area contributed by atoms with Crippen LogP contribution >= 0.6 is 0 Å². The third-order valence-corrected chi connectivity index (χ3v) is 4.33. The molecule has 0 spiro atoms. The van der Waals surface area contributed by atoms with Crippen LogP contribution in [0.25, 0.3) is 0 Å². The summed E-state index contributed by atoms with van der Waals surface area (Å²) < 4.78 is 0. The predicted molar refractivity (Wildman–Crippen MR) is 80.6 cm³/mol. The standard InChI is InChI=1S/C16H26N2O/c1-13(17-2)14-6-8-15(9-7-14)18(3)12-16(19)10-4-5-11-16/h6-9,13,17,19H,4-5,10-12H2,1-3H3. The number of nitrogens with one attached hydrogen (secondary N) is 1. The van der Waals surface area contributed by atoms with Crippen molar-refractivity contribution in [2.75, 3.05) is 25.5 Å². The first kappa shape index (κ1) is 14.4. The maximum Gasteiger partial charge on any atom is 0.0821 e. The predicted octanol–water partition coefficient (Wildman–Crippen LogP) is 2.71. The van der Waals surface area contributed by atoms with Crippen LogP contribution in [0.15, 0.2) is 24.3 Å². The normalized spacial score (nSPS) is 19.4. The second kappa shape index (κ2) is 5.93. The van der Waals surface area contributed by atoms with Crippen molar-refractivity contribution in [3.8, 4) is 0 Å². The first-order chi connectivity index (χ1) is 9.04. The van der Waals surface area contributed by atoms with Gasteiger partial charge in [-0.3, -0.25) is 0 Å². The zero-order valence-electron chi connectivity index (χ0n) is 12.3. The van der Waals surface area contributed by atoms with Crippen molar-refractivity contribution >= 4 is 5.69 Å². The summed E-state index contributed by atoms with van der Waals surface area (Å²) in [6, 6.07) is 8.97. The summed E-state index contributed by atoms with van der Waals surface area (Å²) in [5.41, 5.74) is 1.98. The highest BCUT2D eigenvalue weighted by Crippen LogP contribution is 2.31. The fourth-order valence-corrected chi connectivity index (χ4v) is 2.91. The number of benzene rings is 1. The molecule has 0 radical (unpaired) electrons. The summed E-state index contributed by atoms with van der Waals surface area (Å²) in [5, 5.41) is 13.7. The van der Waals surface area contributed by atoms with E-state index in [9.17, 15) is 5.11 Å². The van der Waals surface area contributed by atoms with Crippen molar-refractivity contribution in [2.24, 2.45) is 0 Å². The van der Waals surface area contributed by atoms with Gasteiger partial charge in [0.25, 0.3) is 0 Å². The van der Waals surface area contributed by atoms with Crippen LogP contribution < -0.4 is 10.2 Å². The van der Waals surface area contributed by atoms with Gasteiger partial charge in [0.2, 0.25) is 0 Å². The molecule has 3 nitrogen and oxygen atoms in total. The molecule has 0 bridgehead atoms. The minimum atomic E-state index is -0.480. The van der Waals surface area contributed by atoms with Crippen molar-refractivity contribution in [1.82, 2.24) is 5.32 Å². The molecule has 19 heavy (non-hydrogen) atoms. The van der Waals surface area contributed by atoms with Gasteiger partial charge in [-0.15, -0.1) is 0 Å². The van der Waals surface area contributed by atoms with E-state index >= 15 is 0 Å². The zero-order valence-corrected chi connectivity index (χ0v) is 12.3. The molecule has 1 aromatic carbocycles. The summed E-state index contributed by atoms with van der Waals surface area (Å²) in [5.74, 6) is 0. The van der Waals surface area contributed by atoms with Crippen LogP contribution in [0.1, 0.15) is 44.2 Å². The van der Waals surface area contributed by atoms with Gasteiger partial charge in [0.05, 0.1) is 5.60 Å². The van der Waals surface area contributed by atoms with Crippen LogP contribution in [0, 0.1) is 0 Å². The van der Waals surface area contributed by atoms with Gasteiger partial charge in [0.1, 0.15) is 0 Å². The molecule has 1 aromatic rings. The van der Waals surface area contributed by atoms with E-state index in [-0.39, 0.29) is 0 Å². The quantitative estimate of drug-likeness (QED) is 0.856. The van der Waals surface area contributed by atoms with E-state index in [1.165, 1.54) is 11.3 Å². The van der Waals surface area contributed by atoms with E-state index in [0.29, 0.717) is 6.04 Å². The highest BCUT2D eigenvalue weighted by Gasteiger charge is 2.32. The number of rotatable bonds is 5. The lowest BCUT2D eigenvalue weighted by Gasteiger charge is -2.30. The van der Waals surface area contributed by atoms with Gasteiger partial charge < -0.3 is 15.3 Å². The third-order valence-electron chi connectivity index (χ3n) is 4.33. The average Bonchev–Trinajstić information content (AvgIpc) is 2.84. The first-order valence-corrected chi connectivity index (χ1v) is 7.25. The van der Waals surface area contributed by atoms with E-state index in [1.807, 2.05) is 7.05 Å². The molecule has 0 aromatic heterocycles. The Morgan fingerprint density at radius 1 is 1.26 bits per heavy atom. The summed E-state index contributed by atoms with van der Waals surface area (Å²) in [7, 11) is 4.03. The molecule has 1 aliphatic carbocycles. The van der Waals surface area contributed by atoms with Crippen LogP contribution in [-0.4, -0.2) is 31.3 Å². The van der Waals surface area contributed by atoms with Crippen LogP contribution in [0.5, 0.6) is 0 Å². The second-order valence-electron chi connectivity index (χ2n) is 5.89. The van der Waals surface area contributed by atoms with E-state index in [4.69, 9.17) is 0 Å². The van der Waals surface area contributed by atoms with Crippen LogP contribution in [0.2, 0.25) is 0 Å². The van der Waals surface area contributed by atoms with Gasteiger partial charge in [-0.25, -0.2) is 0 Å². The summed E-state index contributed by atoms with van der Waals surface area (Å²) in [6.07, 6.45) is 4.18. The van der Waals surface area contributed by atoms with Crippen molar-refractivity contribution in [3.63, 3.8) is 0 Å². The highest BCUT2D eigenvalue weighted by atomic mass is 16.3. The summed E-state index contributed by atoms with van der Waals surface area (Å²) in [4.78, 5) is 2.17. The Kier molecular flexibility index (Phi) is 4.48. The van der Waals surface area contributed by atoms with Gasteiger partial charge in [0.15, 0.2) is 0 Å². The Balaban J connectivity index is 2.01. The smallest absolute Gasteiger partial charge is 0.0821 e. The molecular formula is C16H26N2O. The third kappa shape index (κ3) is 3.48. The Morgan fingerprint density at radius 2 is 1.84 bits per heavy atom. The summed E-state index contributed by atoms with van der Waals surface area (Å²) in [6.45, 7) is 2.88. The van der Waals surface area contributed by atoms with Gasteiger partial charge in [-0.2, -0.15) is 0 Å². The fourth-order valence-electron chi connectivity index (χ4n) is 2.91. The Hall–Kier alpha value is -1.06. The monoisotopic (exact) mass is 262 g/mol. The van der Waals surface area contributed by atoms with Crippen molar-refractivity contribution < 1.29 is 5.11 Å². The molecule has 1 fully saturated rings. The number of nitrogens with zero attached hydrogens (tertiary/aromatic N) is 1. The number of hydrogen-bond acceptors (Lipinski definition) is 3. The average molecular weight is 262 g/mol. The molecule has 0 amide bonds. The molecule has 1 unspecified atom stereocenters. The van der Waals surface area contributed by atoms with Crippen LogP contribution in [-0.2, 0) is 0 Å². The topological polar surface area (TPSA) is 35.5 Å². The second-order valence-corrected chi connectivity index (χ2v) is 5.89. The molecule has 1 atom stereocenters. The molecule has 106 valence electrons. The van der Waals surface area contributed by atoms with Crippen LogP contribution in [0.4, 0.5) is 5.69 Å². The van der Waals surface area contributed by atoms with Crippen molar-refractivity contribution in [1.29, 1.82) is 0 Å². The van der Waals surface area contributed by atoms with E-state index in [0.717, 1.165) is 32.2 Å². The van der Waals surface area contributed by atoms with E-state index in [1.54, 1.807) is 0 Å². The molecule has 2 rings (SSSR count). The van der Waals surface area contributed by atoms with Gasteiger partial charge in [-0.05, 0) is 44.5 Å². The molecule has 0 aliphatic heterocycles. The van der Waals surface area contributed by atoms with Crippen molar-refractivity contribution in [3.05, 3.63) is 29.8 Å². The zero-order chi connectivity index (χ0) is 13.9.